The van der Waals surface area contributed by atoms with Crippen LogP contribution in [0.15, 0.2) is 54.9 Å². The number of hydrogen-bond donors (Lipinski definition) is 1. The number of benzene rings is 1. The molecule has 0 saturated carbocycles. The summed E-state index contributed by atoms with van der Waals surface area (Å²) in [7, 11) is 1.74. The molecular formula is C29H31ClN6O2S. The van der Waals surface area contributed by atoms with E-state index in [0.717, 1.165) is 62.9 Å². The van der Waals surface area contributed by atoms with E-state index in [4.69, 9.17) is 11.6 Å². The number of aromatic nitrogens is 3. The number of amides is 2. The van der Waals surface area contributed by atoms with E-state index in [1.54, 1.807) is 24.1 Å². The first kappa shape index (κ1) is 25.8. The number of fused-ring (bicyclic) bond motifs is 1. The van der Waals surface area contributed by atoms with Crippen LogP contribution in [0.1, 0.15) is 51.5 Å². The number of nitrogens with one attached hydrogen (secondary N) is 1. The molecule has 0 atom stereocenters. The summed E-state index contributed by atoms with van der Waals surface area (Å²) in [6.07, 6.45) is 8.08. The first-order chi connectivity index (χ1) is 18.9. The molecule has 2 aliphatic heterocycles. The molecule has 2 fully saturated rings. The lowest BCUT2D eigenvalue weighted by Gasteiger charge is -2.47. The number of piperidine rings is 2. The molecule has 0 aliphatic carbocycles. The second-order valence-electron chi connectivity index (χ2n) is 10.6. The molecule has 39 heavy (non-hydrogen) atoms. The molecule has 0 radical (unpaired) electrons. The van der Waals surface area contributed by atoms with Crippen molar-refractivity contribution in [1.29, 1.82) is 0 Å². The minimum Gasteiger partial charge on any atom is -0.371 e. The average molecular weight is 563 g/mol. The Labute approximate surface area is 236 Å². The van der Waals surface area contributed by atoms with Gasteiger partial charge in [-0.2, -0.15) is 0 Å². The number of nitrogens with zero attached hydrogens (tertiary/aromatic N) is 5. The molecule has 0 unspecified atom stereocenters. The number of thiophene rings is 1. The van der Waals surface area contributed by atoms with Gasteiger partial charge in [-0.3, -0.25) is 14.6 Å². The highest BCUT2D eigenvalue weighted by atomic mass is 35.5. The Bertz CT molecular complexity index is 1480. The number of aromatic amines is 1. The van der Waals surface area contributed by atoms with E-state index in [1.807, 2.05) is 35.5 Å². The fourth-order valence-corrected chi connectivity index (χ4v) is 6.94. The number of pyridine rings is 1. The lowest BCUT2D eigenvalue weighted by molar-refractivity contribution is 0.0516. The molecular weight excluding hydrogens is 532 g/mol. The van der Waals surface area contributed by atoms with E-state index in [1.165, 1.54) is 17.0 Å². The van der Waals surface area contributed by atoms with E-state index in [9.17, 15) is 9.59 Å². The highest BCUT2D eigenvalue weighted by molar-refractivity contribution is 7.17. The second kappa shape index (κ2) is 10.6. The topological polar surface area (TPSA) is 85.4 Å². The van der Waals surface area contributed by atoms with Crippen molar-refractivity contribution in [2.75, 3.05) is 38.1 Å². The minimum atomic E-state index is -0.113. The number of likely N-dealkylation sites (tertiary alicyclic amines) is 1. The third kappa shape index (κ3) is 5.25. The first-order valence-corrected chi connectivity index (χ1v) is 14.5. The molecule has 1 aromatic carbocycles. The van der Waals surface area contributed by atoms with Crippen molar-refractivity contribution in [3.63, 3.8) is 0 Å². The van der Waals surface area contributed by atoms with E-state index >= 15 is 0 Å². The summed E-state index contributed by atoms with van der Waals surface area (Å²) in [5.74, 6) is 0.567. The summed E-state index contributed by atoms with van der Waals surface area (Å²) in [5.41, 5.74) is 3.65. The van der Waals surface area contributed by atoms with Crippen molar-refractivity contribution < 1.29 is 9.59 Å². The average Bonchev–Trinajstić information content (AvgIpc) is 3.59. The van der Waals surface area contributed by atoms with Crippen molar-refractivity contribution in [2.45, 2.75) is 32.2 Å². The van der Waals surface area contributed by atoms with E-state index in [2.05, 4.69) is 32.0 Å². The van der Waals surface area contributed by atoms with Gasteiger partial charge in [0.2, 0.25) is 0 Å². The van der Waals surface area contributed by atoms with Gasteiger partial charge in [0.25, 0.3) is 11.8 Å². The van der Waals surface area contributed by atoms with Gasteiger partial charge in [-0.15, -0.1) is 11.3 Å². The van der Waals surface area contributed by atoms with Crippen LogP contribution in [-0.2, 0) is 6.54 Å². The van der Waals surface area contributed by atoms with E-state index in [0.29, 0.717) is 32.6 Å². The number of carbonyl (C=O) groups excluding carboxylic acids is 2. The smallest absolute Gasteiger partial charge is 0.264 e. The summed E-state index contributed by atoms with van der Waals surface area (Å²) >= 11 is 7.25. The number of hydrogen-bond acceptors (Lipinski definition) is 6. The van der Waals surface area contributed by atoms with Crippen LogP contribution in [0, 0.1) is 5.41 Å². The molecule has 202 valence electrons. The maximum Gasteiger partial charge on any atom is 0.264 e. The third-order valence-corrected chi connectivity index (χ3v) is 9.50. The Morgan fingerprint density at radius 1 is 1.03 bits per heavy atom. The first-order valence-electron chi connectivity index (χ1n) is 13.3. The minimum absolute atomic E-state index is 0.0394. The standard InChI is InChI=1S/C29H31ClN6O2S/c1-34(28(38)23-5-6-24(30)39-23)19-25-32-22-4-2-3-21(26(22)33-25)27(37)36-17-11-29(12-18-36)9-15-35(16-10-29)20-7-13-31-14-8-20/h2-8,13-14H,9-12,15-19H2,1H3,(H,32,33). The van der Waals surface area contributed by atoms with Crippen LogP contribution < -0.4 is 4.90 Å². The van der Waals surface area contributed by atoms with Gasteiger partial charge >= 0.3 is 0 Å². The Morgan fingerprint density at radius 3 is 2.44 bits per heavy atom. The fourth-order valence-electron chi connectivity index (χ4n) is 5.90. The molecule has 2 amide bonds. The maximum absolute atomic E-state index is 13.6. The van der Waals surface area contributed by atoms with Crippen LogP contribution in [0.5, 0.6) is 0 Å². The van der Waals surface area contributed by atoms with Crippen molar-refractivity contribution in [3.8, 4) is 0 Å². The molecule has 2 aliphatic rings. The number of para-hydroxylation sites is 1. The van der Waals surface area contributed by atoms with Crippen molar-refractivity contribution in [2.24, 2.45) is 5.41 Å². The van der Waals surface area contributed by atoms with Crippen LogP contribution in [0.2, 0.25) is 4.34 Å². The molecule has 10 heteroatoms. The number of halogens is 1. The van der Waals surface area contributed by atoms with Gasteiger partial charge in [-0.1, -0.05) is 17.7 Å². The van der Waals surface area contributed by atoms with Crippen molar-refractivity contribution >= 4 is 51.5 Å². The fraction of sp³-hybridized carbons (Fsp3) is 0.379. The quantitative estimate of drug-likeness (QED) is 0.349. The van der Waals surface area contributed by atoms with Crippen molar-refractivity contribution in [1.82, 2.24) is 24.8 Å². The Balaban J connectivity index is 1.10. The molecule has 6 rings (SSSR count). The molecule has 8 nitrogen and oxygen atoms in total. The van der Waals surface area contributed by atoms with Gasteiger partial charge in [-0.05, 0) is 67.5 Å². The zero-order valence-electron chi connectivity index (χ0n) is 21.9. The van der Waals surface area contributed by atoms with Gasteiger partial charge < -0.3 is 19.7 Å². The summed E-state index contributed by atoms with van der Waals surface area (Å²) < 4.78 is 0.581. The second-order valence-corrected chi connectivity index (χ2v) is 12.3. The van der Waals surface area contributed by atoms with Crippen molar-refractivity contribution in [3.05, 3.63) is 75.5 Å². The molecule has 1 spiro atoms. The van der Waals surface area contributed by atoms with Crippen LogP contribution in [0.3, 0.4) is 0 Å². The third-order valence-electron chi connectivity index (χ3n) is 8.28. The monoisotopic (exact) mass is 562 g/mol. The van der Waals surface area contributed by atoms with Crippen LogP contribution in [0.4, 0.5) is 5.69 Å². The van der Waals surface area contributed by atoms with Gasteiger partial charge in [0.05, 0.1) is 32.4 Å². The number of carbonyl (C=O) groups is 2. The predicted molar refractivity (Wildman–Crippen MR) is 154 cm³/mol. The highest BCUT2D eigenvalue weighted by Crippen LogP contribution is 2.42. The number of rotatable bonds is 5. The number of anilines is 1. The normalized spacial score (nSPS) is 17.1. The van der Waals surface area contributed by atoms with Crippen LogP contribution >= 0.6 is 22.9 Å². The summed E-state index contributed by atoms with van der Waals surface area (Å²) in [6.45, 7) is 3.94. The summed E-state index contributed by atoms with van der Waals surface area (Å²) in [4.78, 5) is 45.1. The maximum atomic E-state index is 13.6. The summed E-state index contributed by atoms with van der Waals surface area (Å²) in [6, 6.07) is 13.3. The van der Waals surface area contributed by atoms with Gasteiger partial charge in [0, 0.05) is 51.3 Å². The van der Waals surface area contributed by atoms with Crippen LogP contribution in [0.25, 0.3) is 11.0 Å². The number of imidazole rings is 1. The SMILES string of the molecule is CN(Cc1nc2cccc(C(=O)N3CCC4(CC3)CCN(c3ccncc3)CC4)c2[nH]1)C(=O)c1ccc(Cl)s1. The van der Waals surface area contributed by atoms with Gasteiger partial charge in [0.1, 0.15) is 5.82 Å². The lowest BCUT2D eigenvalue weighted by Crippen LogP contribution is -2.48. The van der Waals surface area contributed by atoms with Crippen LogP contribution in [-0.4, -0.2) is 69.8 Å². The van der Waals surface area contributed by atoms with E-state index < -0.39 is 0 Å². The van der Waals surface area contributed by atoms with E-state index in [-0.39, 0.29) is 11.8 Å². The zero-order chi connectivity index (χ0) is 27.0. The lowest BCUT2D eigenvalue weighted by atomic mass is 9.71. The van der Waals surface area contributed by atoms with Gasteiger partial charge in [-0.25, -0.2) is 4.98 Å². The molecule has 1 N–H and O–H groups in total. The van der Waals surface area contributed by atoms with Gasteiger partial charge in [0.15, 0.2) is 0 Å². The molecule has 2 saturated heterocycles. The molecule has 0 bridgehead atoms. The largest absolute Gasteiger partial charge is 0.371 e. The Morgan fingerprint density at radius 2 is 1.74 bits per heavy atom. The highest BCUT2D eigenvalue weighted by Gasteiger charge is 2.39. The number of H-pyrrole nitrogens is 1. The predicted octanol–water partition coefficient (Wildman–Crippen LogP) is 5.47. The zero-order valence-corrected chi connectivity index (χ0v) is 23.5. The Kier molecular flexibility index (Phi) is 7.03. The molecule has 3 aromatic heterocycles. The molecule has 5 heterocycles. The molecule has 4 aromatic rings. The summed E-state index contributed by atoms with van der Waals surface area (Å²) in [5, 5.41) is 0. The Hall–Kier alpha value is -3.43.